The van der Waals surface area contributed by atoms with Crippen LogP contribution in [0.5, 0.6) is 0 Å². The van der Waals surface area contributed by atoms with Crippen LogP contribution in [0.4, 0.5) is 0 Å². The first-order valence-electron chi connectivity index (χ1n) is 8.69. The Balaban J connectivity index is 1.47. The summed E-state index contributed by atoms with van der Waals surface area (Å²) in [6, 6.07) is 10.2. The maximum absolute atomic E-state index is 12.8. The number of sulfonamides is 1. The van der Waals surface area contributed by atoms with E-state index in [0.29, 0.717) is 18.8 Å². The number of hydrogen-bond donors (Lipinski definition) is 1. The minimum absolute atomic E-state index is 0.149. The van der Waals surface area contributed by atoms with Crippen LogP contribution < -0.4 is 5.32 Å². The number of hydrogen-bond acceptors (Lipinski definition) is 6. The van der Waals surface area contributed by atoms with Crippen molar-refractivity contribution < 1.29 is 13.2 Å². The quantitative estimate of drug-likeness (QED) is 0.681. The van der Waals surface area contributed by atoms with Crippen molar-refractivity contribution in [1.29, 1.82) is 0 Å². The van der Waals surface area contributed by atoms with Gasteiger partial charge in [0.2, 0.25) is 10.0 Å². The normalized spacial score (nSPS) is 14.4. The Morgan fingerprint density at radius 2 is 2.04 bits per heavy atom. The smallest absolute Gasteiger partial charge is 0.272 e. The van der Waals surface area contributed by atoms with Crippen LogP contribution in [-0.4, -0.2) is 44.9 Å². The van der Waals surface area contributed by atoms with Gasteiger partial charge in [0, 0.05) is 25.1 Å². The Hall–Kier alpha value is -3.11. The highest BCUT2D eigenvalue weighted by Gasteiger charge is 2.30. The van der Waals surface area contributed by atoms with Crippen molar-refractivity contribution in [2.24, 2.45) is 0 Å². The van der Waals surface area contributed by atoms with Gasteiger partial charge < -0.3 is 5.32 Å². The van der Waals surface area contributed by atoms with Crippen molar-refractivity contribution in [3.8, 4) is 0 Å². The number of amides is 1. The van der Waals surface area contributed by atoms with Crippen LogP contribution in [0.25, 0.3) is 0 Å². The molecule has 1 aliphatic rings. The molecule has 144 valence electrons. The predicted molar refractivity (Wildman–Crippen MR) is 99.5 cm³/mol. The maximum Gasteiger partial charge on any atom is 0.272 e. The van der Waals surface area contributed by atoms with Crippen LogP contribution in [0, 0.1) is 0 Å². The van der Waals surface area contributed by atoms with Gasteiger partial charge in [0.25, 0.3) is 5.91 Å². The van der Waals surface area contributed by atoms with Crippen molar-refractivity contribution in [3.05, 3.63) is 72.1 Å². The molecule has 0 atom stereocenters. The van der Waals surface area contributed by atoms with E-state index in [4.69, 9.17) is 0 Å². The van der Waals surface area contributed by atoms with E-state index in [-0.39, 0.29) is 29.6 Å². The summed E-state index contributed by atoms with van der Waals surface area (Å²) in [5, 5.41) is 7.08. The van der Waals surface area contributed by atoms with Crippen LogP contribution in [0.15, 0.2) is 59.9 Å². The maximum atomic E-state index is 12.8. The van der Waals surface area contributed by atoms with Gasteiger partial charge in [-0.1, -0.05) is 6.07 Å². The van der Waals surface area contributed by atoms with Gasteiger partial charge >= 0.3 is 0 Å². The molecule has 0 saturated heterocycles. The monoisotopic (exact) mass is 398 g/mol. The Bertz CT molecular complexity index is 1080. The molecule has 0 aliphatic carbocycles. The molecule has 0 unspecified atom stereocenters. The predicted octanol–water partition coefficient (Wildman–Crippen LogP) is 0.808. The molecular weight excluding hydrogens is 380 g/mol. The van der Waals surface area contributed by atoms with Gasteiger partial charge in [-0.2, -0.15) is 9.40 Å². The zero-order chi connectivity index (χ0) is 19.6. The number of nitrogens with zero attached hydrogens (tertiary/aromatic N) is 5. The van der Waals surface area contributed by atoms with E-state index in [9.17, 15) is 13.2 Å². The summed E-state index contributed by atoms with van der Waals surface area (Å²) in [5.41, 5.74) is 1.67. The number of fused-ring (bicyclic) bond motifs is 1. The second kappa shape index (κ2) is 7.49. The van der Waals surface area contributed by atoms with Gasteiger partial charge in [-0.25, -0.2) is 8.42 Å². The molecule has 0 radical (unpaired) electrons. The van der Waals surface area contributed by atoms with Crippen molar-refractivity contribution in [3.63, 3.8) is 0 Å². The van der Waals surface area contributed by atoms with E-state index in [0.717, 1.165) is 5.69 Å². The fourth-order valence-corrected chi connectivity index (χ4v) is 4.34. The molecule has 9 nitrogen and oxygen atoms in total. The molecule has 28 heavy (non-hydrogen) atoms. The molecular formula is C18H18N6O3S. The van der Waals surface area contributed by atoms with E-state index in [1.807, 2.05) is 12.1 Å². The van der Waals surface area contributed by atoms with E-state index in [1.165, 1.54) is 22.8 Å². The van der Waals surface area contributed by atoms with Crippen molar-refractivity contribution in [2.45, 2.75) is 24.5 Å². The second-order valence-electron chi connectivity index (χ2n) is 6.28. The lowest BCUT2D eigenvalue weighted by Crippen LogP contribution is -2.38. The fourth-order valence-electron chi connectivity index (χ4n) is 2.97. The SMILES string of the molecule is O=C(NCc1ccccn1)c1cc2n(n1)CCN(S(=O)(=O)c1cccnc1)C2. The van der Waals surface area contributed by atoms with Gasteiger partial charge in [-0.15, -0.1) is 0 Å². The Kier molecular flexibility index (Phi) is 4.88. The van der Waals surface area contributed by atoms with Gasteiger partial charge in [0.15, 0.2) is 5.69 Å². The average molecular weight is 398 g/mol. The van der Waals surface area contributed by atoms with Gasteiger partial charge in [-0.3, -0.25) is 19.4 Å². The molecule has 4 rings (SSSR count). The molecule has 0 spiro atoms. The number of pyridine rings is 2. The fraction of sp³-hybridized carbons (Fsp3) is 0.222. The van der Waals surface area contributed by atoms with Gasteiger partial charge in [0.1, 0.15) is 4.90 Å². The van der Waals surface area contributed by atoms with Crippen molar-refractivity contribution in [2.75, 3.05) is 6.54 Å². The molecule has 1 aliphatic heterocycles. The van der Waals surface area contributed by atoms with E-state index in [2.05, 4.69) is 20.4 Å². The number of carbonyl (C=O) groups excluding carboxylic acids is 1. The number of rotatable bonds is 5. The van der Waals surface area contributed by atoms with E-state index < -0.39 is 10.0 Å². The molecule has 3 aromatic heterocycles. The van der Waals surface area contributed by atoms with Gasteiger partial charge in [-0.05, 0) is 30.3 Å². The van der Waals surface area contributed by atoms with Crippen LogP contribution in [0.1, 0.15) is 21.9 Å². The number of nitrogens with one attached hydrogen (secondary N) is 1. The summed E-state index contributed by atoms with van der Waals surface area (Å²) >= 11 is 0. The second-order valence-corrected chi connectivity index (χ2v) is 8.21. The first-order valence-corrected chi connectivity index (χ1v) is 10.1. The summed E-state index contributed by atoms with van der Waals surface area (Å²) in [6.07, 6.45) is 4.52. The zero-order valence-corrected chi connectivity index (χ0v) is 15.7. The summed E-state index contributed by atoms with van der Waals surface area (Å²) < 4.78 is 28.6. The highest BCUT2D eigenvalue weighted by atomic mass is 32.2. The lowest BCUT2D eigenvalue weighted by atomic mass is 10.3. The van der Waals surface area contributed by atoms with Crippen LogP contribution in [0.2, 0.25) is 0 Å². The minimum atomic E-state index is -3.64. The molecule has 1 amide bonds. The molecule has 0 aromatic carbocycles. The number of aromatic nitrogens is 4. The lowest BCUT2D eigenvalue weighted by Gasteiger charge is -2.26. The van der Waals surface area contributed by atoms with Gasteiger partial charge in [0.05, 0.1) is 31.0 Å². The summed E-state index contributed by atoms with van der Waals surface area (Å²) in [5.74, 6) is -0.325. The molecule has 0 fully saturated rings. The highest BCUT2D eigenvalue weighted by molar-refractivity contribution is 7.89. The summed E-state index contributed by atoms with van der Waals surface area (Å²) in [4.78, 5) is 20.6. The minimum Gasteiger partial charge on any atom is -0.345 e. The Labute approximate surface area is 162 Å². The molecule has 1 N–H and O–H groups in total. The van der Waals surface area contributed by atoms with Crippen molar-refractivity contribution in [1.82, 2.24) is 29.4 Å². The first-order chi connectivity index (χ1) is 13.5. The summed E-state index contributed by atoms with van der Waals surface area (Å²) in [7, 11) is -3.64. The summed E-state index contributed by atoms with van der Waals surface area (Å²) in [6.45, 7) is 1.10. The zero-order valence-electron chi connectivity index (χ0n) is 14.9. The molecule has 0 saturated carbocycles. The average Bonchev–Trinajstić information content (AvgIpc) is 3.17. The molecule has 4 heterocycles. The number of carbonyl (C=O) groups is 1. The van der Waals surface area contributed by atoms with E-state index in [1.54, 1.807) is 29.1 Å². The Morgan fingerprint density at radius 3 is 2.79 bits per heavy atom. The largest absolute Gasteiger partial charge is 0.345 e. The highest BCUT2D eigenvalue weighted by Crippen LogP contribution is 2.21. The topological polar surface area (TPSA) is 110 Å². The Morgan fingerprint density at radius 1 is 1.14 bits per heavy atom. The molecule has 3 aromatic rings. The van der Waals surface area contributed by atoms with Crippen LogP contribution in [0.3, 0.4) is 0 Å². The van der Waals surface area contributed by atoms with Crippen LogP contribution >= 0.6 is 0 Å². The molecule has 0 bridgehead atoms. The third-order valence-corrected chi connectivity index (χ3v) is 6.25. The molecule has 10 heteroatoms. The van der Waals surface area contributed by atoms with Crippen LogP contribution in [-0.2, 0) is 29.7 Å². The van der Waals surface area contributed by atoms with E-state index >= 15 is 0 Å². The van der Waals surface area contributed by atoms with Crippen molar-refractivity contribution >= 4 is 15.9 Å². The third-order valence-electron chi connectivity index (χ3n) is 4.42. The lowest BCUT2D eigenvalue weighted by molar-refractivity contribution is 0.0944. The third kappa shape index (κ3) is 3.64. The first kappa shape index (κ1) is 18.3. The standard InChI is InChI=1S/C18H18N6O3S/c25-18(21-11-14-4-1-2-7-20-14)17-10-15-13-23(8-9-24(15)22-17)28(26,27)16-5-3-6-19-12-16/h1-7,10,12H,8-9,11,13H2,(H,21,25).